The van der Waals surface area contributed by atoms with Gasteiger partial charge in [0.1, 0.15) is 11.7 Å². The molecule has 0 aliphatic rings. The van der Waals surface area contributed by atoms with Crippen LogP contribution >= 0.6 is 0 Å². The monoisotopic (exact) mass is 390 g/mol. The third kappa shape index (κ3) is 4.54. The van der Waals surface area contributed by atoms with Gasteiger partial charge in [-0.25, -0.2) is 4.68 Å². The molecule has 0 spiro atoms. The molecule has 3 aromatic rings. The van der Waals surface area contributed by atoms with E-state index in [1.807, 2.05) is 63.2 Å². The number of carbonyl (C=O) groups excluding carboxylic acids is 2. The van der Waals surface area contributed by atoms with Gasteiger partial charge in [0.2, 0.25) is 5.91 Å². The minimum Gasteiger partial charge on any atom is -0.355 e. The Labute approximate surface area is 170 Å². The van der Waals surface area contributed by atoms with E-state index in [-0.39, 0.29) is 11.8 Å². The molecular weight excluding hydrogens is 364 g/mol. The maximum Gasteiger partial charge on any atom is 0.255 e. The molecule has 3 rings (SSSR count). The van der Waals surface area contributed by atoms with Crippen LogP contribution in [0.4, 0.5) is 0 Å². The number of amides is 2. The Hall–Kier alpha value is -3.41. The summed E-state index contributed by atoms with van der Waals surface area (Å²) in [4.78, 5) is 25.1. The van der Waals surface area contributed by atoms with Crippen molar-refractivity contribution in [3.8, 4) is 16.9 Å². The number of nitrogens with zero attached hydrogens (tertiary/aromatic N) is 2. The van der Waals surface area contributed by atoms with Crippen LogP contribution in [0.1, 0.15) is 35.3 Å². The van der Waals surface area contributed by atoms with Crippen molar-refractivity contribution < 1.29 is 9.59 Å². The summed E-state index contributed by atoms with van der Waals surface area (Å²) in [5.74, 6) is -0.551. The van der Waals surface area contributed by atoms with Gasteiger partial charge >= 0.3 is 0 Å². The average molecular weight is 390 g/mol. The number of hydrogen-bond acceptors (Lipinski definition) is 3. The third-order valence-corrected chi connectivity index (χ3v) is 4.71. The molecule has 6 heteroatoms. The Morgan fingerprint density at radius 3 is 2.48 bits per heavy atom. The van der Waals surface area contributed by atoms with Crippen LogP contribution in [0.5, 0.6) is 0 Å². The molecule has 0 bridgehead atoms. The van der Waals surface area contributed by atoms with Crippen molar-refractivity contribution in [1.29, 1.82) is 0 Å². The Morgan fingerprint density at radius 2 is 1.83 bits per heavy atom. The molecule has 0 unspecified atom stereocenters. The first-order valence-corrected chi connectivity index (χ1v) is 9.72. The van der Waals surface area contributed by atoms with Crippen molar-refractivity contribution in [3.63, 3.8) is 0 Å². The zero-order chi connectivity index (χ0) is 21.0. The summed E-state index contributed by atoms with van der Waals surface area (Å²) in [7, 11) is 0. The highest BCUT2D eigenvalue weighted by atomic mass is 16.2. The highest BCUT2D eigenvalue weighted by molar-refractivity contribution is 6.02. The lowest BCUT2D eigenvalue weighted by Crippen LogP contribution is -2.44. The predicted octanol–water partition coefficient (Wildman–Crippen LogP) is 3.41. The lowest BCUT2D eigenvalue weighted by Gasteiger charge is -2.13. The summed E-state index contributed by atoms with van der Waals surface area (Å²) in [5, 5.41) is 10.2. The lowest BCUT2D eigenvalue weighted by molar-refractivity contribution is -0.122. The fourth-order valence-electron chi connectivity index (χ4n) is 3.20. The first-order valence-electron chi connectivity index (χ1n) is 9.72. The molecule has 0 aliphatic heterocycles. The smallest absolute Gasteiger partial charge is 0.255 e. The number of carbonyl (C=O) groups is 2. The van der Waals surface area contributed by atoms with E-state index in [4.69, 9.17) is 5.10 Å². The number of rotatable bonds is 6. The molecule has 0 fully saturated rings. The van der Waals surface area contributed by atoms with Crippen LogP contribution in [-0.2, 0) is 4.79 Å². The van der Waals surface area contributed by atoms with Crippen LogP contribution in [0.15, 0.2) is 54.7 Å². The van der Waals surface area contributed by atoms with Gasteiger partial charge in [-0.1, -0.05) is 42.0 Å². The van der Waals surface area contributed by atoms with E-state index in [1.54, 1.807) is 17.8 Å². The quantitative estimate of drug-likeness (QED) is 0.677. The van der Waals surface area contributed by atoms with E-state index >= 15 is 0 Å². The summed E-state index contributed by atoms with van der Waals surface area (Å²) in [5.41, 5.74) is 4.94. The van der Waals surface area contributed by atoms with Crippen LogP contribution in [0.25, 0.3) is 16.9 Å². The highest BCUT2D eigenvalue weighted by Gasteiger charge is 2.23. The van der Waals surface area contributed by atoms with E-state index in [2.05, 4.69) is 16.7 Å². The molecule has 1 atom stereocenters. The average Bonchev–Trinajstić information content (AvgIpc) is 3.14. The van der Waals surface area contributed by atoms with Gasteiger partial charge in [-0.05, 0) is 45.4 Å². The number of para-hydroxylation sites is 1. The van der Waals surface area contributed by atoms with E-state index in [9.17, 15) is 9.59 Å². The van der Waals surface area contributed by atoms with Crippen LogP contribution in [0, 0.1) is 13.8 Å². The standard InChI is InChI=1S/C23H26N4O2/c1-5-24-22(28)17(4)25-23(29)20-14-27(18-9-7-6-8-10-18)26-21(20)19-12-11-15(2)13-16(19)3/h6-14,17H,5H2,1-4H3,(H,24,28)(H,25,29)/t17-/m1/s1. The second kappa shape index (κ2) is 8.73. The van der Waals surface area contributed by atoms with Gasteiger partial charge in [0.05, 0.1) is 11.3 Å². The molecule has 0 saturated heterocycles. The van der Waals surface area contributed by atoms with Crippen LogP contribution < -0.4 is 10.6 Å². The van der Waals surface area contributed by atoms with Gasteiger partial charge in [0, 0.05) is 18.3 Å². The van der Waals surface area contributed by atoms with Crippen LogP contribution in [-0.4, -0.2) is 34.2 Å². The molecule has 2 aromatic carbocycles. The van der Waals surface area contributed by atoms with Crippen LogP contribution in [0.2, 0.25) is 0 Å². The van der Waals surface area contributed by atoms with Gasteiger partial charge < -0.3 is 10.6 Å². The highest BCUT2D eigenvalue weighted by Crippen LogP contribution is 2.27. The summed E-state index contributed by atoms with van der Waals surface area (Å²) in [6.45, 7) is 8.05. The first kappa shape index (κ1) is 20.3. The largest absolute Gasteiger partial charge is 0.355 e. The van der Waals surface area contributed by atoms with Crippen molar-refractivity contribution in [2.45, 2.75) is 33.7 Å². The predicted molar refractivity (Wildman–Crippen MR) is 114 cm³/mol. The number of likely N-dealkylation sites (N-methyl/N-ethyl adjacent to an activating group) is 1. The van der Waals surface area contributed by atoms with E-state index in [0.717, 1.165) is 22.4 Å². The summed E-state index contributed by atoms with van der Waals surface area (Å²) < 4.78 is 1.69. The molecule has 0 aliphatic carbocycles. The number of aromatic nitrogens is 2. The molecule has 29 heavy (non-hydrogen) atoms. The summed E-state index contributed by atoms with van der Waals surface area (Å²) in [6.07, 6.45) is 1.71. The van der Waals surface area contributed by atoms with Crippen molar-refractivity contribution >= 4 is 11.8 Å². The number of hydrogen-bond donors (Lipinski definition) is 2. The molecule has 6 nitrogen and oxygen atoms in total. The lowest BCUT2D eigenvalue weighted by atomic mass is 10.0. The SMILES string of the molecule is CCNC(=O)[C@@H](C)NC(=O)c1cn(-c2ccccc2)nc1-c1ccc(C)cc1C. The second-order valence-electron chi connectivity index (χ2n) is 7.08. The molecular formula is C23H26N4O2. The second-order valence-corrected chi connectivity index (χ2v) is 7.08. The Balaban J connectivity index is 2.03. The fourth-order valence-corrected chi connectivity index (χ4v) is 3.20. The number of aryl methyl sites for hydroxylation is 2. The van der Waals surface area contributed by atoms with Gasteiger partial charge in [0.25, 0.3) is 5.91 Å². The summed E-state index contributed by atoms with van der Waals surface area (Å²) in [6, 6.07) is 15.0. The molecule has 0 saturated carbocycles. The van der Waals surface area contributed by atoms with Crippen LogP contribution in [0.3, 0.4) is 0 Å². The summed E-state index contributed by atoms with van der Waals surface area (Å²) >= 11 is 0. The maximum absolute atomic E-state index is 13.0. The zero-order valence-electron chi connectivity index (χ0n) is 17.2. The number of benzene rings is 2. The van der Waals surface area contributed by atoms with Gasteiger partial charge in [-0.2, -0.15) is 5.10 Å². The zero-order valence-corrected chi connectivity index (χ0v) is 17.2. The minimum absolute atomic E-state index is 0.218. The van der Waals surface area contributed by atoms with Gasteiger partial charge in [-0.15, -0.1) is 0 Å². The van der Waals surface area contributed by atoms with E-state index in [1.165, 1.54) is 0 Å². The fraction of sp³-hybridized carbons (Fsp3) is 0.261. The van der Waals surface area contributed by atoms with Crippen molar-refractivity contribution in [3.05, 3.63) is 71.4 Å². The molecule has 0 radical (unpaired) electrons. The minimum atomic E-state index is -0.644. The normalized spacial score (nSPS) is 11.7. The third-order valence-electron chi connectivity index (χ3n) is 4.71. The Kier molecular flexibility index (Phi) is 6.12. The van der Waals surface area contributed by atoms with Gasteiger partial charge in [0.15, 0.2) is 0 Å². The van der Waals surface area contributed by atoms with Crippen molar-refractivity contribution in [2.75, 3.05) is 6.54 Å². The Bertz CT molecular complexity index is 1020. The van der Waals surface area contributed by atoms with Gasteiger partial charge in [-0.3, -0.25) is 9.59 Å². The first-order chi connectivity index (χ1) is 13.9. The molecule has 150 valence electrons. The molecule has 2 amide bonds. The Morgan fingerprint density at radius 1 is 1.10 bits per heavy atom. The van der Waals surface area contributed by atoms with E-state index in [0.29, 0.717) is 17.8 Å². The van der Waals surface area contributed by atoms with Crippen molar-refractivity contribution in [1.82, 2.24) is 20.4 Å². The molecule has 2 N–H and O–H groups in total. The topological polar surface area (TPSA) is 76.0 Å². The number of nitrogens with one attached hydrogen (secondary N) is 2. The maximum atomic E-state index is 13.0. The molecule has 1 aromatic heterocycles. The molecule has 1 heterocycles. The van der Waals surface area contributed by atoms with Crippen molar-refractivity contribution in [2.24, 2.45) is 0 Å². The van der Waals surface area contributed by atoms with E-state index < -0.39 is 6.04 Å².